The van der Waals surface area contributed by atoms with E-state index in [1.807, 2.05) is 6.92 Å². The molecule has 0 amide bonds. The largest absolute Gasteiger partial charge is 0.300 e. The fourth-order valence-corrected chi connectivity index (χ4v) is 0. The molecule has 0 aliphatic carbocycles. The van der Waals surface area contributed by atoms with Crippen LogP contribution in [0, 0.1) is 0 Å². The Kier molecular flexibility index (Phi) is 11.0. The highest BCUT2D eigenvalue weighted by Gasteiger charge is 1.86. The van der Waals surface area contributed by atoms with Gasteiger partial charge in [0.25, 0.3) is 0 Å². The Balaban J connectivity index is 0. The number of halogens is 2. The molecule has 0 unspecified atom stereocenters. The molecular weight excluding hydrogens is 159 g/mol. The van der Waals surface area contributed by atoms with Gasteiger partial charge in [0.1, 0.15) is 10.6 Å². The third kappa shape index (κ3) is 63.7. The van der Waals surface area contributed by atoms with Gasteiger partial charge in [-0.1, -0.05) is 6.92 Å². The van der Waals surface area contributed by atoms with Crippen LogP contribution in [0.1, 0.15) is 27.2 Å². The normalized spacial score (nSPS) is 8.22. The lowest BCUT2D eigenvalue weighted by atomic mass is 10.6. The maximum Gasteiger partial charge on any atom is 0.126 e. The van der Waals surface area contributed by atoms with Gasteiger partial charge in [-0.05, 0) is 20.3 Å². The van der Waals surface area contributed by atoms with Gasteiger partial charge in [0.05, 0.1) is 0 Å². The first-order chi connectivity index (χ1) is 4.00. The van der Waals surface area contributed by atoms with Gasteiger partial charge in [0.15, 0.2) is 0 Å². The molecule has 0 aliphatic rings. The van der Waals surface area contributed by atoms with E-state index in [9.17, 15) is 4.79 Å². The zero-order valence-corrected chi connectivity index (χ0v) is 7.46. The molecule has 0 aromatic carbocycles. The first-order valence-corrected chi connectivity index (χ1v) is 3.63. The topological polar surface area (TPSA) is 17.1 Å². The van der Waals surface area contributed by atoms with E-state index < -0.39 is 0 Å². The molecule has 0 aliphatic heterocycles. The van der Waals surface area contributed by atoms with Crippen LogP contribution >= 0.6 is 23.2 Å². The SMILES string of the molecule is CC(C)=O.CCC(Cl)Cl. The van der Waals surface area contributed by atoms with E-state index in [1.165, 1.54) is 13.8 Å². The minimum atomic E-state index is -0.171. The van der Waals surface area contributed by atoms with E-state index >= 15 is 0 Å². The zero-order valence-electron chi connectivity index (χ0n) is 5.95. The lowest BCUT2D eigenvalue weighted by Crippen LogP contribution is -1.75. The average molecular weight is 171 g/mol. The van der Waals surface area contributed by atoms with Crippen molar-refractivity contribution in [1.82, 2.24) is 0 Å². The summed E-state index contributed by atoms with van der Waals surface area (Å²) in [5, 5.41) is 0. The Hall–Kier alpha value is 0.250. The lowest BCUT2D eigenvalue weighted by Gasteiger charge is -1.84. The van der Waals surface area contributed by atoms with E-state index in [4.69, 9.17) is 23.2 Å². The molecule has 0 atom stereocenters. The second-order valence-electron chi connectivity index (χ2n) is 1.71. The molecule has 3 heteroatoms. The lowest BCUT2D eigenvalue weighted by molar-refractivity contribution is -0.114. The fraction of sp³-hybridized carbons (Fsp3) is 0.833. The van der Waals surface area contributed by atoms with Gasteiger partial charge in [-0.15, -0.1) is 23.2 Å². The quantitative estimate of drug-likeness (QED) is 0.554. The molecule has 0 aromatic heterocycles. The molecule has 0 heterocycles. The van der Waals surface area contributed by atoms with Crippen molar-refractivity contribution in [2.75, 3.05) is 0 Å². The van der Waals surface area contributed by atoms with Crippen molar-refractivity contribution >= 4 is 29.0 Å². The number of ketones is 1. The monoisotopic (exact) mass is 170 g/mol. The van der Waals surface area contributed by atoms with E-state index in [0.29, 0.717) is 0 Å². The maximum atomic E-state index is 9.44. The molecular formula is C6H12Cl2O. The molecule has 0 radical (unpaired) electrons. The van der Waals surface area contributed by atoms with Crippen LogP contribution in [0.15, 0.2) is 0 Å². The minimum Gasteiger partial charge on any atom is -0.300 e. The van der Waals surface area contributed by atoms with Gasteiger partial charge in [-0.25, -0.2) is 0 Å². The smallest absolute Gasteiger partial charge is 0.126 e. The van der Waals surface area contributed by atoms with Crippen LogP contribution in [0.2, 0.25) is 0 Å². The zero-order chi connectivity index (χ0) is 7.86. The van der Waals surface area contributed by atoms with Gasteiger partial charge in [0.2, 0.25) is 0 Å². The van der Waals surface area contributed by atoms with E-state index in [1.54, 1.807) is 0 Å². The molecule has 0 fully saturated rings. The summed E-state index contributed by atoms with van der Waals surface area (Å²) in [5.41, 5.74) is 0. The van der Waals surface area contributed by atoms with Crippen LogP contribution in [0.3, 0.4) is 0 Å². The van der Waals surface area contributed by atoms with Crippen molar-refractivity contribution in [3.63, 3.8) is 0 Å². The Bertz CT molecular complexity index is 67.5. The number of carbonyl (C=O) groups is 1. The van der Waals surface area contributed by atoms with Crippen molar-refractivity contribution in [3.05, 3.63) is 0 Å². The van der Waals surface area contributed by atoms with Crippen molar-refractivity contribution in [2.45, 2.75) is 32.0 Å². The number of alkyl halides is 2. The van der Waals surface area contributed by atoms with Crippen LogP contribution in [0.5, 0.6) is 0 Å². The predicted octanol–water partition coefficient (Wildman–Crippen LogP) is 2.80. The van der Waals surface area contributed by atoms with Crippen LogP contribution in [-0.2, 0) is 4.79 Å². The molecule has 1 nitrogen and oxygen atoms in total. The molecule has 0 saturated carbocycles. The highest BCUT2D eigenvalue weighted by atomic mass is 35.5. The standard InChI is InChI=1S/C3H6Cl2.C3H6O/c1-2-3(4)5;1-3(2)4/h3H,2H2,1H3;1-2H3. The van der Waals surface area contributed by atoms with Gasteiger partial charge in [0, 0.05) is 0 Å². The van der Waals surface area contributed by atoms with Gasteiger partial charge >= 0.3 is 0 Å². The van der Waals surface area contributed by atoms with Gasteiger partial charge < -0.3 is 4.79 Å². The summed E-state index contributed by atoms with van der Waals surface area (Å²) in [5.74, 6) is 0.167. The molecule has 0 saturated heterocycles. The highest BCUT2D eigenvalue weighted by molar-refractivity contribution is 6.44. The van der Waals surface area contributed by atoms with Crippen LogP contribution in [0.4, 0.5) is 0 Å². The molecule has 9 heavy (non-hydrogen) atoms. The summed E-state index contributed by atoms with van der Waals surface area (Å²) in [6.07, 6.45) is 0.836. The molecule has 0 N–H and O–H groups in total. The first-order valence-electron chi connectivity index (χ1n) is 2.76. The fourth-order valence-electron chi connectivity index (χ4n) is 0. The second-order valence-corrected chi connectivity index (χ2v) is 2.98. The molecule has 0 aromatic rings. The third-order valence-corrected chi connectivity index (χ3v) is 0.926. The first kappa shape index (κ1) is 12.0. The van der Waals surface area contributed by atoms with Gasteiger partial charge in [-0.2, -0.15) is 0 Å². The third-order valence-electron chi connectivity index (χ3n) is 0.309. The number of hydrogen-bond donors (Lipinski definition) is 0. The molecule has 0 rings (SSSR count). The summed E-state index contributed by atoms with van der Waals surface area (Å²) < 4.78 is 0. The molecule has 0 bridgehead atoms. The number of rotatable bonds is 1. The van der Waals surface area contributed by atoms with Crippen molar-refractivity contribution < 1.29 is 4.79 Å². The summed E-state index contributed by atoms with van der Waals surface area (Å²) >= 11 is 10.5. The van der Waals surface area contributed by atoms with Crippen LogP contribution in [-0.4, -0.2) is 10.6 Å². The number of Topliss-reactive ketones (excluding diaryl/α,β-unsaturated/α-hetero) is 1. The van der Waals surface area contributed by atoms with E-state index in [-0.39, 0.29) is 10.6 Å². The molecule has 56 valence electrons. The summed E-state index contributed by atoms with van der Waals surface area (Å²) in [6, 6.07) is 0. The highest BCUT2D eigenvalue weighted by Crippen LogP contribution is 2.03. The van der Waals surface area contributed by atoms with Crippen LogP contribution in [0.25, 0.3) is 0 Å². The summed E-state index contributed by atoms with van der Waals surface area (Å²) in [4.78, 5) is 9.27. The maximum absolute atomic E-state index is 9.44. The Morgan fingerprint density at radius 3 is 1.56 bits per heavy atom. The number of hydrogen-bond acceptors (Lipinski definition) is 1. The summed E-state index contributed by atoms with van der Waals surface area (Å²) in [7, 11) is 0. The average Bonchev–Trinajstić information content (AvgIpc) is 1.65. The van der Waals surface area contributed by atoms with Crippen molar-refractivity contribution in [1.29, 1.82) is 0 Å². The van der Waals surface area contributed by atoms with Crippen LogP contribution < -0.4 is 0 Å². The Labute approximate surface area is 66.3 Å². The number of carbonyl (C=O) groups excluding carboxylic acids is 1. The van der Waals surface area contributed by atoms with Crippen molar-refractivity contribution in [2.24, 2.45) is 0 Å². The Morgan fingerprint density at radius 2 is 1.56 bits per heavy atom. The van der Waals surface area contributed by atoms with E-state index in [2.05, 4.69) is 0 Å². The predicted molar refractivity (Wildman–Crippen MR) is 42.1 cm³/mol. The van der Waals surface area contributed by atoms with Gasteiger partial charge in [-0.3, -0.25) is 0 Å². The minimum absolute atomic E-state index is 0.167. The van der Waals surface area contributed by atoms with Crippen molar-refractivity contribution in [3.8, 4) is 0 Å². The molecule has 0 spiro atoms. The van der Waals surface area contributed by atoms with E-state index in [0.717, 1.165) is 6.42 Å². The second kappa shape index (κ2) is 8.25. The Morgan fingerprint density at radius 1 is 1.44 bits per heavy atom. The summed E-state index contributed by atoms with van der Waals surface area (Å²) in [6.45, 7) is 4.99.